The highest BCUT2D eigenvalue weighted by Crippen LogP contribution is 2.20. The summed E-state index contributed by atoms with van der Waals surface area (Å²) in [6.07, 6.45) is 1.50. The zero-order valence-electron chi connectivity index (χ0n) is 17.8. The van der Waals surface area contributed by atoms with Gasteiger partial charge in [0.05, 0.1) is 4.90 Å². The predicted molar refractivity (Wildman–Crippen MR) is 125 cm³/mol. The smallest absolute Gasteiger partial charge is 0.263 e. The van der Waals surface area contributed by atoms with Crippen LogP contribution >= 0.6 is 11.3 Å². The van der Waals surface area contributed by atoms with Gasteiger partial charge in [-0.1, -0.05) is 31.5 Å². The molecule has 3 rings (SSSR count). The second kappa shape index (κ2) is 9.92. The molecule has 168 valence electrons. The zero-order valence-corrected chi connectivity index (χ0v) is 19.5. The van der Waals surface area contributed by atoms with Gasteiger partial charge in [-0.15, -0.1) is 11.3 Å². The fourth-order valence-corrected chi connectivity index (χ4v) is 4.72. The highest BCUT2D eigenvalue weighted by molar-refractivity contribution is 7.93. The largest absolute Gasteiger partial charge is 0.340 e. The number of sulfonamides is 1. The van der Waals surface area contributed by atoms with E-state index in [0.29, 0.717) is 11.3 Å². The third kappa shape index (κ3) is 5.92. The third-order valence-corrected chi connectivity index (χ3v) is 6.77. The van der Waals surface area contributed by atoms with Crippen LogP contribution < -0.4 is 15.4 Å². The lowest BCUT2D eigenvalue weighted by molar-refractivity contribution is -0.118. The minimum Gasteiger partial charge on any atom is -0.340 e. The Balaban J connectivity index is 1.68. The fraction of sp³-hybridized carbons (Fsp3) is 0.227. The Kier molecular flexibility index (Phi) is 7.26. The van der Waals surface area contributed by atoms with Gasteiger partial charge >= 0.3 is 0 Å². The van der Waals surface area contributed by atoms with Crippen LogP contribution in [-0.4, -0.2) is 31.3 Å². The summed E-state index contributed by atoms with van der Waals surface area (Å²) in [7, 11) is -3.78. The van der Waals surface area contributed by atoms with Crippen molar-refractivity contribution in [2.75, 3.05) is 10.0 Å². The standard InChI is InChI=1S/C22H24N4O4S2/c1-14(2)19(25-20(27)16-6-4-5-15(3)13-16)21(28)24-17-7-9-18(10-8-17)32(29,30)26-22-23-11-12-31-22/h4-14,19H,1-3H3,(H,23,26)(H,24,28)(H,25,27)/t19-/m0/s1. The zero-order chi connectivity index (χ0) is 23.3. The summed E-state index contributed by atoms with van der Waals surface area (Å²) < 4.78 is 27.3. The number of amides is 2. The number of aromatic nitrogens is 1. The normalized spacial score (nSPS) is 12.2. The maximum atomic E-state index is 12.8. The van der Waals surface area contributed by atoms with Crippen LogP contribution in [0.4, 0.5) is 10.8 Å². The number of benzene rings is 2. The molecule has 0 saturated heterocycles. The summed E-state index contributed by atoms with van der Waals surface area (Å²) in [5.41, 5.74) is 1.84. The van der Waals surface area contributed by atoms with E-state index in [0.717, 1.165) is 5.56 Å². The van der Waals surface area contributed by atoms with Gasteiger partial charge in [-0.2, -0.15) is 0 Å². The number of nitrogens with zero attached hydrogens (tertiary/aromatic N) is 1. The predicted octanol–water partition coefficient (Wildman–Crippen LogP) is 3.65. The van der Waals surface area contributed by atoms with E-state index in [1.54, 1.807) is 23.6 Å². The van der Waals surface area contributed by atoms with Crippen LogP contribution in [0, 0.1) is 12.8 Å². The minimum atomic E-state index is -3.78. The molecule has 1 aromatic heterocycles. The van der Waals surface area contributed by atoms with Crippen molar-refractivity contribution in [3.05, 3.63) is 71.2 Å². The summed E-state index contributed by atoms with van der Waals surface area (Å²) in [6.45, 7) is 5.56. The van der Waals surface area contributed by atoms with Crippen LogP contribution in [0.3, 0.4) is 0 Å². The molecule has 2 aromatic carbocycles. The summed E-state index contributed by atoms with van der Waals surface area (Å²) in [5.74, 6) is -0.888. The van der Waals surface area contributed by atoms with Crippen molar-refractivity contribution in [3.63, 3.8) is 0 Å². The number of thiazole rings is 1. The molecule has 0 spiro atoms. The Morgan fingerprint density at radius 2 is 1.78 bits per heavy atom. The van der Waals surface area contributed by atoms with Gasteiger partial charge in [0.2, 0.25) is 5.91 Å². The van der Waals surface area contributed by atoms with Crippen molar-refractivity contribution in [1.82, 2.24) is 10.3 Å². The number of carbonyl (C=O) groups excluding carboxylic acids is 2. The van der Waals surface area contributed by atoms with Gasteiger partial charge < -0.3 is 10.6 Å². The average Bonchev–Trinajstić information content (AvgIpc) is 3.24. The van der Waals surface area contributed by atoms with Crippen molar-refractivity contribution in [3.8, 4) is 0 Å². The molecular formula is C22H24N4O4S2. The minimum absolute atomic E-state index is 0.0406. The van der Waals surface area contributed by atoms with Gasteiger partial charge in [0, 0.05) is 22.8 Å². The quantitative estimate of drug-likeness (QED) is 0.463. The Bertz CT molecular complexity index is 1190. The van der Waals surface area contributed by atoms with E-state index < -0.39 is 22.0 Å². The van der Waals surface area contributed by atoms with E-state index in [1.807, 2.05) is 26.8 Å². The van der Waals surface area contributed by atoms with E-state index in [1.165, 1.54) is 41.8 Å². The summed E-state index contributed by atoms with van der Waals surface area (Å²) in [4.78, 5) is 29.4. The van der Waals surface area contributed by atoms with Crippen molar-refractivity contribution >= 4 is 44.0 Å². The fourth-order valence-electron chi connectivity index (χ4n) is 2.93. The lowest BCUT2D eigenvalue weighted by Gasteiger charge is -2.22. The molecular weight excluding hydrogens is 448 g/mol. The van der Waals surface area contributed by atoms with Crippen molar-refractivity contribution in [2.45, 2.75) is 31.7 Å². The lowest BCUT2D eigenvalue weighted by Crippen LogP contribution is -2.47. The molecule has 0 aliphatic heterocycles. The van der Waals surface area contributed by atoms with Crippen molar-refractivity contribution < 1.29 is 18.0 Å². The van der Waals surface area contributed by atoms with Crippen LogP contribution in [0.1, 0.15) is 29.8 Å². The molecule has 32 heavy (non-hydrogen) atoms. The van der Waals surface area contributed by atoms with Crippen LogP contribution in [0.5, 0.6) is 0 Å². The number of hydrogen-bond donors (Lipinski definition) is 3. The van der Waals surface area contributed by atoms with Gasteiger partial charge in [-0.25, -0.2) is 13.4 Å². The maximum absolute atomic E-state index is 12.8. The van der Waals surface area contributed by atoms with Crippen LogP contribution in [0.2, 0.25) is 0 Å². The number of hydrogen-bond acceptors (Lipinski definition) is 6. The van der Waals surface area contributed by atoms with E-state index in [9.17, 15) is 18.0 Å². The number of aryl methyl sites for hydroxylation is 1. The maximum Gasteiger partial charge on any atom is 0.263 e. The highest BCUT2D eigenvalue weighted by atomic mass is 32.2. The summed E-state index contributed by atoms with van der Waals surface area (Å²) in [6, 6.07) is 12.1. The molecule has 0 aliphatic rings. The van der Waals surface area contributed by atoms with Crippen molar-refractivity contribution in [2.24, 2.45) is 5.92 Å². The number of nitrogens with one attached hydrogen (secondary N) is 3. The monoisotopic (exact) mass is 472 g/mol. The molecule has 0 aliphatic carbocycles. The average molecular weight is 473 g/mol. The van der Waals surface area contributed by atoms with Gasteiger partial charge in [0.25, 0.3) is 15.9 Å². The second-order valence-corrected chi connectivity index (χ2v) is 10.1. The molecule has 3 N–H and O–H groups in total. The molecule has 8 nitrogen and oxygen atoms in total. The molecule has 0 bridgehead atoms. The molecule has 1 heterocycles. The number of anilines is 2. The second-order valence-electron chi connectivity index (χ2n) is 7.52. The molecule has 3 aromatic rings. The molecule has 0 fully saturated rings. The topological polar surface area (TPSA) is 117 Å². The van der Waals surface area contributed by atoms with Gasteiger partial charge in [0.1, 0.15) is 6.04 Å². The van der Waals surface area contributed by atoms with Crippen LogP contribution in [0.25, 0.3) is 0 Å². The Hall–Kier alpha value is -3.24. The number of carbonyl (C=O) groups is 2. The summed E-state index contributed by atoms with van der Waals surface area (Å²) in [5, 5.41) is 7.45. The van der Waals surface area contributed by atoms with E-state index in [-0.39, 0.29) is 21.9 Å². The van der Waals surface area contributed by atoms with Gasteiger partial charge in [-0.05, 0) is 49.2 Å². The lowest BCUT2D eigenvalue weighted by atomic mass is 10.0. The molecule has 0 radical (unpaired) electrons. The molecule has 10 heteroatoms. The SMILES string of the molecule is Cc1cccc(C(=O)N[C@H](C(=O)Nc2ccc(S(=O)(=O)Nc3nccs3)cc2)C(C)C)c1. The Morgan fingerprint density at radius 3 is 2.38 bits per heavy atom. The Morgan fingerprint density at radius 1 is 1.06 bits per heavy atom. The summed E-state index contributed by atoms with van der Waals surface area (Å²) >= 11 is 1.17. The van der Waals surface area contributed by atoms with Gasteiger partial charge in [0.15, 0.2) is 5.13 Å². The number of rotatable bonds is 8. The van der Waals surface area contributed by atoms with Crippen LogP contribution in [-0.2, 0) is 14.8 Å². The molecule has 0 saturated carbocycles. The molecule has 0 unspecified atom stereocenters. The molecule has 2 amide bonds. The first-order valence-corrected chi connectivity index (χ1v) is 12.2. The highest BCUT2D eigenvalue weighted by Gasteiger charge is 2.25. The third-order valence-electron chi connectivity index (χ3n) is 4.60. The van der Waals surface area contributed by atoms with Gasteiger partial charge in [-0.3, -0.25) is 14.3 Å². The van der Waals surface area contributed by atoms with E-state index >= 15 is 0 Å². The molecule has 1 atom stereocenters. The van der Waals surface area contributed by atoms with E-state index in [2.05, 4.69) is 20.3 Å². The first-order valence-electron chi connectivity index (χ1n) is 9.86. The Labute approximate surface area is 191 Å². The van der Waals surface area contributed by atoms with Crippen LogP contribution in [0.15, 0.2) is 65.0 Å². The first-order chi connectivity index (χ1) is 15.2. The first kappa shape index (κ1) is 23.4. The van der Waals surface area contributed by atoms with E-state index in [4.69, 9.17) is 0 Å². The van der Waals surface area contributed by atoms with Crippen molar-refractivity contribution in [1.29, 1.82) is 0 Å².